The van der Waals surface area contributed by atoms with E-state index in [1.807, 2.05) is 38.1 Å². The number of alkyl halides is 2. The van der Waals surface area contributed by atoms with Gasteiger partial charge in [0.25, 0.3) is 0 Å². The van der Waals surface area contributed by atoms with Crippen LogP contribution in [0.1, 0.15) is 29.7 Å². The van der Waals surface area contributed by atoms with Crippen LogP contribution in [0.2, 0.25) is 0 Å². The minimum Gasteiger partial charge on any atom is -0.435 e. The average Bonchev–Trinajstić information content (AvgIpc) is 2.54. The lowest BCUT2D eigenvalue weighted by molar-refractivity contribution is -0.0498. The lowest BCUT2D eigenvalue weighted by Gasteiger charge is -2.15. The van der Waals surface area contributed by atoms with E-state index in [9.17, 15) is 13.6 Å². The molecule has 0 heterocycles. The molecule has 0 fully saturated rings. The van der Waals surface area contributed by atoms with Crippen molar-refractivity contribution in [1.82, 2.24) is 10.6 Å². The number of hydrogen-bond donors (Lipinski definition) is 2. The van der Waals surface area contributed by atoms with E-state index >= 15 is 0 Å². The SMILES string of the molecule is Cc1ccc(CNC(=O)NC(C)c2ccc(OC(F)F)cc2)cc1. The molecule has 24 heavy (non-hydrogen) atoms. The van der Waals surface area contributed by atoms with E-state index in [0.29, 0.717) is 6.54 Å². The van der Waals surface area contributed by atoms with Gasteiger partial charge >= 0.3 is 12.6 Å². The first-order valence-electron chi connectivity index (χ1n) is 7.58. The molecule has 6 heteroatoms. The third kappa shape index (κ3) is 5.53. The van der Waals surface area contributed by atoms with Gasteiger partial charge in [-0.25, -0.2) is 4.79 Å². The Bertz CT molecular complexity index is 658. The third-order valence-electron chi connectivity index (χ3n) is 3.53. The summed E-state index contributed by atoms with van der Waals surface area (Å²) in [4.78, 5) is 11.9. The normalized spacial score (nSPS) is 11.9. The monoisotopic (exact) mass is 334 g/mol. The Morgan fingerprint density at radius 2 is 1.71 bits per heavy atom. The van der Waals surface area contributed by atoms with E-state index in [4.69, 9.17) is 0 Å². The summed E-state index contributed by atoms with van der Waals surface area (Å²) in [6, 6.07) is 13.5. The standard InChI is InChI=1S/C18H20F2N2O2/c1-12-3-5-14(6-4-12)11-21-18(23)22-13(2)15-7-9-16(10-8-15)24-17(19)20/h3-10,13,17H,11H2,1-2H3,(H2,21,22,23). The van der Waals surface area contributed by atoms with Gasteiger partial charge in [-0.15, -0.1) is 0 Å². The summed E-state index contributed by atoms with van der Waals surface area (Å²) >= 11 is 0. The molecule has 2 rings (SSSR count). The van der Waals surface area contributed by atoms with Crippen LogP contribution in [0.15, 0.2) is 48.5 Å². The van der Waals surface area contributed by atoms with Crippen molar-refractivity contribution < 1.29 is 18.3 Å². The van der Waals surface area contributed by atoms with Gasteiger partial charge in [-0.2, -0.15) is 8.78 Å². The van der Waals surface area contributed by atoms with Gasteiger partial charge in [-0.1, -0.05) is 42.0 Å². The lowest BCUT2D eigenvalue weighted by atomic mass is 10.1. The van der Waals surface area contributed by atoms with E-state index in [2.05, 4.69) is 15.4 Å². The van der Waals surface area contributed by atoms with Crippen molar-refractivity contribution in [3.63, 3.8) is 0 Å². The molecule has 0 aliphatic rings. The predicted molar refractivity (Wildman–Crippen MR) is 88.0 cm³/mol. The molecule has 0 saturated heterocycles. The molecular formula is C18H20F2N2O2. The van der Waals surface area contributed by atoms with Crippen LogP contribution < -0.4 is 15.4 Å². The first-order chi connectivity index (χ1) is 11.4. The molecule has 2 N–H and O–H groups in total. The molecular weight excluding hydrogens is 314 g/mol. The maximum Gasteiger partial charge on any atom is 0.387 e. The molecule has 2 aromatic rings. The Morgan fingerprint density at radius 1 is 1.08 bits per heavy atom. The first kappa shape index (κ1) is 17.7. The molecule has 0 bridgehead atoms. The fourth-order valence-corrected chi connectivity index (χ4v) is 2.16. The summed E-state index contributed by atoms with van der Waals surface area (Å²) < 4.78 is 28.5. The highest BCUT2D eigenvalue weighted by Gasteiger charge is 2.10. The fraction of sp³-hybridized carbons (Fsp3) is 0.278. The second-order valence-corrected chi connectivity index (χ2v) is 5.48. The number of halogens is 2. The molecule has 0 aliphatic heterocycles. The quantitative estimate of drug-likeness (QED) is 0.833. The lowest BCUT2D eigenvalue weighted by Crippen LogP contribution is -2.36. The van der Waals surface area contributed by atoms with Crippen molar-refractivity contribution in [3.05, 3.63) is 65.2 Å². The molecule has 1 atom stereocenters. The molecule has 0 aliphatic carbocycles. The van der Waals surface area contributed by atoms with Crippen molar-refractivity contribution in [3.8, 4) is 5.75 Å². The molecule has 0 aromatic heterocycles. The minimum absolute atomic E-state index is 0.0878. The molecule has 0 spiro atoms. The number of urea groups is 1. The van der Waals surface area contributed by atoms with Crippen molar-refractivity contribution in [2.24, 2.45) is 0 Å². The van der Waals surface area contributed by atoms with Gasteiger partial charge in [-0.05, 0) is 37.1 Å². The summed E-state index contributed by atoms with van der Waals surface area (Å²) in [6.45, 7) is 1.40. The van der Waals surface area contributed by atoms with E-state index in [0.717, 1.165) is 16.7 Å². The second kappa shape index (κ2) is 8.29. The van der Waals surface area contributed by atoms with Gasteiger partial charge in [0.1, 0.15) is 5.75 Å². The molecule has 1 unspecified atom stereocenters. The molecule has 4 nitrogen and oxygen atoms in total. The van der Waals surface area contributed by atoms with Crippen LogP contribution in [0.25, 0.3) is 0 Å². The highest BCUT2D eigenvalue weighted by atomic mass is 19.3. The zero-order chi connectivity index (χ0) is 17.5. The molecule has 2 aromatic carbocycles. The highest BCUT2D eigenvalue weighted by molar-refractivity contribution is 5.74. The number of amides is 2. The van der Waals surface area contributed by atoms with Gasteiger partial charge < -0.3 is 15.4 Å². The van der Waals surface area contributed by atoms with Crippen LogP contribution in [0, 0.1) is 6.92 Å². The van der Waals surface area contributed by atoms with Gasteiger partial charge in [-0.3, -0.25) is 0 Å². The largest absolute Gasteiger partial charge is 0.435 e. The van der Waals surface area contributed by atoms with Crippen LogP contribution in [-0.2, 0) is 6.54 Å². The predicted octanol–water partition coefficient (Wildman–Crippen LogP) is 4.16. The average molecular weight is 334 g/mol. The Labute approximate surface area is 139 Å². The van der Waals surface area contributed by atoms with E-state index in [-0.39, 0.29) is 17.8 Å². The number of ether oxygens (including phenoxy) is 1. The molecule has 0 radical (unpaired) electrons. The Balaban J connectivity index is 1.83. The zero-order valence-electron chi connectivity index (χ0n) is 13.6. The van der Waals surface area contributed by atoms with Gasteiger partial charge in [0, 0.05) is 6.54 Å². The van der Waals surface area contributed by atoms with Crippen LogP contribution in [0.4, 0.5) is 13.6 Å². The van der Waals surface area contributed by atoms with Crippen molar-refractivity contribution in [1.29, 1.82) is 0 Å². The summed E-state index contributed by atoms with van der Waals surface area (Å²) in [5.74, 6) is 0.0878. The van der Waals surface area contributed by atoms with E-state index < -0.39 is 6.61 Å². The molecule has 128 valence electrons. The van der Waals surface area contributed by atoms with Crippen LogP contribution in [-0.4, -0.2) is 12.6 Å². The summed E-state index contributed by atoms with van der Waals surface area (Å²) in [6.07, 6.45) is 0. The van der Waals surface area contributed by atoms with Crippen LogP contribution in [0.5, 0.6) is 5.75 Å². The Kier molecular flexibility index (Phi) is 6.12. The van der Waals surface area contributed by atoms with E-state index in [1.165, 1.54) is 12.1 Å². The van der Waals surface area contributed by atoms with Crippen LogP contribution in [0.3, 0.4) is 0 Å². The maximum atomic E-state index is 12.1. The van der Waals surface area contributed by atoms with Crippen molar-refractivity contribution >= 4 is 6.03 Å². The molecule has 0 saturated carbocycles. The van der Waals surface area contributed by atoms with Gasteiger partial charge in [0.2, 0.25) is 0 Å². The summed E-state index contributed by atoms with van der Waals surface area (Å²) in [5.41, 5.74) is 2.97. The zero-order valence-corrected chi connectivity index (χ0v) is 13.6. The van der Waals surface area contributed by atoms with Gasteiger partial charge in [0.05, 0.1) is 6.04 Å². The number of aryl methyl sites for hydroxylation is 1. The Hall–Kier alpha value is -2.63. The Morgan fingerprint density at radius 3 is 2.29 bits per heavy atom. The number of hydrogen-bond acceptors (Lipinski definition) is 2. The summed E-state index contributed by atoms with van der Waals surface area (Å²) in [7, 11) is 0. The van der Waals surface area contributed by atoms with Crippen LogP contribution >= 0.6 is 0 Å². The maximum absolute atomic E-state index is 12.1. The smallest absolute Gasteiger partial charge is 0.387 e. The number of rotatable bonds is 6. The van der Waals surface area contributed by atoms with Crippen molar-refractivity contribution in [2.75, 3.05) is 0 Å². The third-order valence-corrected chi connectivity index (χ3v) is 3.53. The highest BCUT2D eigenvalue weighted by Crippen LogP contribution is 2.19. The number of benzene rings is 2. The number of carbonyl (C=O) groups is 1. The fourth-order valence-electron chi connectivity index (χ4n) is 2.16. The minimum atomic E-state index is -2.85. The van der Waals surface area contributed by atoms with Crippen molar-refractivity contribution in [2.45, 2.75) is 33.0 Å². The summed E-state index contributed by atoms with van der Waals surface area (Å²) in [5, 5.41) is 5.58. The topological polar surface area (TPSA) is 50.4 Å². The molecule has 2 amide bonds. The second-order valence-electron chi connectivity index (χ2n) is 5.48. The van der Waals surface area contributed by atoms with Gasteiger partial charge in [0.15, 0.2) is 0 Å². The number of carbonyl (C=O) groups excluding carboxylic acids is 1. The first-order valence-corrected chi connectivity index (χ1v) is 7.58. The number of nitrogens with one attached hydrogen (secondary N) is 2. The van der Waals surface area contributed by atoms with E-state index in [1.54, 1.807) is 12.1 Å².